The van der Waals surface area contributed by atoms with E-state index in [1.165, 1.54) is 7.05 Å². The highest BCUT2D eigenvalue weighted by Crippen LogP contribution is 2.16. The van der Waals surface area contributed by atoms with Crippen LogP contribution in [0.2, 0.25) is 0 Å². The topological polar surface area (TPSA) is 78.4 Å². The highest BCUT2D eigenvalue weighted by molar-refractivity contribution is 7.89. The fraction of sp³-hybridized carbons (Fsp3) is 0.571. The van der Waals surface area contributed by atoms with Crippen molar-refractivity contribution in [3.63, 3.8) is 0 Å². The summed E-state index contributed by atoms with van der Waals surface area (Å²) in [4.78, 5) is 0.261. The van der Waals surface area contributed by atoms with Gasteiger partial charge < -0.3 is 10.4 Å². The predicted octanol–water partition coefficient (Wildman–Crippen LogP) is 1.41. The molecule has 1 rings (SSSR count). The van der Waals surface area contributed by atoms with Gasteiger partial charge in [-0.3, -0.25) is 0 Å². The van der Waals surface area contributed by atoms with E-state index in [4.69, 9.17) is 0 Å². The Morgan fingerprint density at radius 2 is 1.85 bits per heavy atom. The van der Waals surface area contributed by atoms with Crippen molar-refractivity contribution in [2.75, 3.05) is 13.6 Å². The minimum atomic E-state index is -3.38. The Kier molecular flexibility index (Phi) is 6.61. The summed E-state index contributed by atoms with van der Waals surface area (Å²) >= 11 is 0. The molecule has 20 heavy (non-hydrogen) atoms. The molecule has 0 radical (unpaired) electrons. The number of nitrogens with one attached hydrogen (secondary N) is 2. The third-order valence-corrected chi connectivity index (χ3v) is 4.79. The van der Waals surface area contributed by atoms with E-state index in [-0.39, 0.29) is 17.0 Å². The van der Waals surface area contributed by atoms with Crippen LogP contribution >= 0.6 is 0 Å². The molecule has 0 aliphatic heterocycles. The van der Waals surface area contributed by atoms with E-state index >= 15 is 0 Å². The van der Waals surface area contributed by atoms with Gasteiger partial charge in [0.15, 0.2) is 0 Å². The lowest BCUT2D eigenvalue weighted by atomic mass is 10.1. The lowest BCUT2D eigenvalue weighted by Crippen LogP contribution is -2.23. The maximum absolute atomic E-state index is 11.6. The van der Waals surface area contributed by atoms with Crippen molar-refractivity contribution in [2.45, 2.75) is 43.7 Å². The van der Waals surface area contributed by atoms with E-state index < -0.39 is 10.0 Å². The van der Waals surface area contributed by atoms with Crippen LogP contribution in [0.15, 0.2) is 29.2 Å². The number of sulfonamides is 1. The third kappa shape index (κ3) is 4.86. The van der Waals surface area contributed by atoms with E-state index in [0.717, 1.165) is 18.5 Å². The van der Waals surface area contributed by atoms with Crippen molar-refractivity contribution >= 4 is 10.0 Å². The molecule has 0 spiro atoms. The van der Waals surface area contributed by atoms with Gasteiger partial charge in [0.05, 0.1) is 11.0 Å². The van der Waals surface area contributed by atoms with Gasteiger partial charge in [0.25, 0.3) is 0 Å². The molecular formula is C14H24N2O3S. The van der Waals surface area contributed by atoms with Gasteiger partial charge in [-0.25, -0.2) is 13.1 Å². The number of rotatable bonds is 8. The van der Waals surface area contributed by atoms with Crippen LogP contribution in [0.3, 0.4) is 0 Å². The van der Waals surface area contributed by atoms with Crippen molar-refractivity contribution < 1.29 is 13.5 Å². The average molecular weight is 300 g/mol. The van der Waals surface area contributed by atoms with Crippen LogP contribution in [0, 0.1) is 0 Å². The summed E-state index contributed by atoms with van der Waals surface area (Å²) in [5.74, 6) is 0. The first-order chi connectivity index (χ1) is 9.40. The molecule has 2 unspecified atom stereocenters. The molecule has 0 aliphatic rings. The Bertz CT molecular complexity index is 500. The molecule has 1 aromatic rings. The second kappa shape index (κ2) is 7.73. The minimum absolute atomic E-state index is 0.116. The van der Waals surface area contributed by atoms with Crippen LogP contribution in [0.4, 0.5) is 0 Å². The van der Waals surface area contributed by atoms with E-state index in [1.807, 2.05) is 13.8 Å². The number of benzene rings is 1. The fourth-order valence-corrected chi connectivity index (χ4v) is 2.57. The second-order valence-corrected chi connectivity index (χ2v) is 6.69. The second-order valence-electron chi connectivity index (χ2n) is 4.80. The van der Waals surface area contributed by atoms with Crippen LogP contribution in [-0.4, -0.2) is 33.2 Å². The Labute approximate surface area is 121 Å². The zero-order chi connectivity index (χ0) is 15.2. The van der Waals surface area contributed by atoms with Gasteiger partial charge in [-0.1, -0.05) is 19.1 Å². The zero-order valence-electron chi connectivity index (χ0n) is 12.3. The molecule has 5 nitrogen and oxygen atoms in total. The van der Waals surface area contributed by atoms with Crippen molar-refractivity contribution in [3.05, 3.63) is 29.8 Å². The Balaban J connectivity index is 2.60. The van der Waals surface area contributed by atoms with Crippen molar-refractivity contribution in [2.24, 2.45) is 0 Å². The highest BCUT2D eigenvalue weighted by atomic mass is 32.2. The molecule has 1 aromatic carbocycles. The summed E-state index contributed by atoms with van der Waals surface area (Å²) < 4.78 is 25.5. The molecule has 0 fully saturated rings. The number of hydrogen-bond donors (Lipinski definition) is 3. The molecular weight excluding hydrogens is 276 g/mol. The summed E-state index contributed by atoms with van der Waals surface area (Å²) in [7, 11) is -1.98. The largest absolute Gasteiger partial charge is 0.393 e. The van der Waals surface area contributed by atoms with Crippen molar-refractivity contribution in [1.82, 2.24) is 10.0 Å². The summed E-state index contributed by atoms with van der Waals surface area (Å²) in [6, 6.07) is 6.92. The van der Waals surface area contributed by atoms with Gasteiger partial charge in [0.2, 0.25) is 10.0 Å². The summed E-state index contributed by atoms with van der Waals surface area (Å²) in [6.07, 6.45) is 1.21. The number of aliphatic hydroxyl groups is 1. The molecule has 3 N–H and O–H groups in total. The van der Waals surface area contributed by atoms with Gasteiger partial charge in [-0.2, -0.15) is 0 Å². The number of hydrogen-bond acceptors (Lipinski definition) is 4. The van der Waals surface area contributed by atoms with Gasteiger partial charge in [-0.15, -0.1) is 0 Å². The molecule has 2 atom stereocenters. The summed E-state index contributed by atoms with van der Waals surface area (Å²) in [5.41, 5.74) is 1.02. The molecule has 0 aromatic heterocycles. The lowest BCUT2D eigenvalue weighted by Gasteiger charge is -2.16. The summed E-state index contributed by atoms with van der Waals surface area (Å²) in [5, 5.41) is 12.8. The SMILES string of the molecule is CCC(O)CCNC(C)c1ccc(S(=O)(=O)NC)cc1. The third-order valence-electron chi connectivity index (χ3n) is 3.36. The first kappa shape index (κ1) is 17.1. The quantitative estimate of drug-likeness (QED) is 0.678. The van der Waals surface area contributed by atoms with Crippen LogP contribution < -0.4 is 10.0 Å². The Morgan fingerprint density at radius 1 is 1.25 bits per heavy atom. The van der Waals surface area contributed by atoms with Crippen LogP contribution in [0.1, 0.15) is 38.3 Å². The van der Waals surface area contributed by atoms with Crippen molar-refractivity contribution in [3.8, 4) is 0 Å². The van der Waals surface area contributed by atoms with E-state index in [0.29, 0.717) is 6.42 Å². The normalized spacial score (nSPS) is 15.0. The molecule has 0 aliphatic carbocycles. The molecule has 0 heterocycles. The fourth-order valence-electron chi connectivity index (χ4n) is 1.84. The molecule has 0 amide bonds. The first-order valence-electron chi connectivity index (χ1n) is 6.85. The van der Waals surface area contributed by atoms with Gasteiger partial charge >= 0.3 is 0 Å². The molecule has 114 valence electrons. The predicted molar refractivity (Wildman–Crippen MR) is 80.0 cm³/mol. The smallest absolute Gasteiger partial charge is 0.240 e. The maximum atomic E-state index is 11.6. The standard InChI is InChI=1S/C14H24N2O3S/c1-4-13(17)9-10-16-11(2)12-5-7-14(8-6-12)20(18,19)15-3/h5-8,11,13,15-17H,4,9-10H2,1-3H3. The summed E-state index contributed by atoms with van der Waals surface area (Å²) in [6.45, 7) is 4.70. The van der Waals surface area contributed by atoms with Crippen molar-refractivity contribution in [1.29, 1.82) is 0 Å². The van der Waals surface area contributed by atoms with E-state index in [2.05, 4.69) is 10.0 Å². The van der Waals surface area contributed by atoms with Crippen LogP contribution in [0.5, 0.6) is 0 Å². The van der Waals surface area contributed by atoms with Crippen LogP contribution in [0.25, 0.3) is 0 Å². The minimum Gasteiger partial charge on any atom is -0.393 e. The molecule has 0 saturated heterocycles. The average Bonchev–Trinajstić information content (AvgIpc) is 2.47. The molecule has 6 heteroatoms. The van der Waals surface area contributed by atoms with Gasteiger partial charge in [-0.05, 0) is 51.1 Å². The lowest BCUT2D eigenvalue weighted by molar-refractivity contribution is 0.159. The van der Waals surface area contributed by atoms with Gasteiger partial charge in [0.1, 0.15) is 0 Å². The van der Waals surface area contributed by atoms with E-state index in [9.17, 15) is 13.5 Å². The Morgan fingerprint density at radius 3 is 2.35 bits per heavy atom. The Hall–Kier alpha value is -0.950. The molecule has 0 bridgehead atoms. The first-order valence-corrected chi connectivity index (χ1v) is 8.34. The van der Waals surface area contributed by atoms with E-state index in [1.54, 1.807) is 24.3 Å². The molecule has 0 saturated carbocycles. The zero-order valence-corrected chi connectivity index (χ0v) is 13.1. The van der Waals surface area contributed by atoms with Gasteiger partial charge in [0, 0.05) is 6.04 Å². The number of aliphatic hydroxyl groups excluding tert-OH is 1. The van der Waals surface area contributed by atoms with Crippen LogP contribution in [-0.2, 0) is 10.0 Å². The maximum Gasteiger partial charge on any atom is 0.240 e. The highest BCUT2D eigenvalue weighted by Gasteiger charge is 2.12. The monoisotopic (exact) mass is 300 g/mol.